The molecule has 7 nitrogen and oxygen atoms in total. The largest absolute Gasteiger partial charge is 0.354 e. The number of sulfonamides is 1. The molecule has 1 N–H and O–H groups in total. The number of nitrogens with one attached hydrogen (secondary N) is 1. The van der Waals surface area contributed by atoms with Gasteiger partial charge in [-0.05, 0) is 69.0 Å². The summed E-state index contributed by atoms with van der Waals surface area (Å²) in [5.74, 6) is -0.773. The summed E-state index contributed by atoms with van der Waals surface area (Å²) < 4.78 is 28.9. The van der Waals surface area contributed by atoms with Crippen LogP contribution in [0.5, 0.6) is 0 Å². The van der Waals surface area contributed by atoms with Gasteiger partial charge in [-0.15, -0.1) is 0 Å². The lowest BCUT2D eigenvalue weighted by atomic mass is 10.1. The predicted octanol–water partition coefficient (Wildman–Crippen LogP) is 5.14. The number of rotatable bonds is 12. The number of aryl methyl sites for hydroxylation is 2. The van der Waals surface area contributed by atoms with Crippen LogP contribution in [0.25, 0.3) is 0 Å². The van der Waals surface area contributed by atoms with Gasteiger partial charge in [0, 0.05) is 18.1 Å². The van der Waals surface area contributed by atoms with Crippen LogP contribution in [0.15, 0.2) is 77.7 Å². The number of halogens is 1. The standard InChI is InChI=1S/C30H36ClN3O4S/c1-5-18-32-30(36)24(4)33(19-17-25-9-7-6-8-10-25)29(35)21-34(28-20-26(31)14-13-23(28)3)39(37,38)27-15-11-22(2)12-16-27/h6-16,20,24H,5,17-19,21H2,1-4H3,(H,32,36)/t24-/m1/s1. The molecule has 9 heteroatoms. The van der Waals surface area contributed by atoms with Crippen molar-refractivity contribution in [2.24, 2.45) is 0 Å². The van der Waals surface area contributed by atoms with Crippen molar-refractivity contribution in [2.45, 2.75) is 51.5 Å². The molecule has 0 bridgehead atoms. The monoisotopic (exact) mass is 569 g/mol. The molecule has 0 aliphatic rings. The SMILES string of the molecule is CCCNC(=O)[C@@H](C)N(CCc1ccccc1)C(=O)CN(c1cc(Cl)ccc1C)S(=O)(=O)c1ccc(C)cc1. The quantitative estimate of drug-likeness (QED) is 0.327. The highest BCUT2D eigenvalue weighted by atomic mass is 35.5. The Morgan fingerprint density at radius 1 is 0.974 bits per heavy atom. The van der Waals surface area contributed by atoms with Gasteiger partial charge in [0.15, 0.2) is 0 Å². The molecule has 0 spiro atoms. The van der Waals surface area contributed by atoms with Crippen LogP contribution in [0.3, 0.4) is 0 Å². The minimum absolute atomic E-state index is 0.0600. The van der Waals surface area contributed by atoms with Crippen molar-refractivity contribution in [3.63, 3.8) is 0 Å². The van der Waals surface area contributed by atoms with Crippen LogP contribution in [0.2, 0.25) is 5.02 Å². The van der Waals surface area contributed by atoms with Gasteiger partial charge in [0.05, 0.1) is 10.6 Å². The number of anilines is 1. The van der Waals surface area contributed by atoms with Gasteiger partial charge >= 0.3 is 0 Å². The molecule has 0 unspecified atom stereocenters. The highest BCUT2D eigenvalue weighted by Crippen LogP contribution is 2.30. The van der Waals surface area contributed by atoms with Gasteiger partial charge in [-0.3, -0.25) is 13.9 Å². The average Bonchev–Trinajstić information content (AvgIpc) is 2.92. The van der Waals surface area contributed by atoms with Crippen LogP contribution in [-0.4, -0.2) is 50.8 Å². The van der Waals surface area contributed by atoms with E-state index < -0.39 is 28.5 Å². The first kappa shape index (κ1) is 30.2. The predicted molar refractivity (Wildman–Crippen MR) is 157 cm³/mol. The number of nitrogens with zero attached hydrogens (tertiary/aromatic N) is 2. The fraction of sp³-hybridized carbons (Fsp3) is 0.333. The Morgan fingerprint density at radius 3 is 2.28 bits per heavy atom. The third-order valence-corrected chi connectivity index (χ3v) is 8.54. The van der Waals surface area contributed by atoms with Crippen LogP contribution in [0, 0.1) is 13.8 Å². The molecule has 0 heterocycles. The number of carbonyl (C=O) groups is 2. The van der Waals surface area contributed by atoms with E-state index >= 15 is 0 Å². The Balaban J connectivity index is 2.01. The molecule has 0 fully saturated rings. The highest BCUT2D eigenvalue weighted by Gasteiger charge is 2.33. The van der Waals surface area contributed by atoms with E-state index in [0.717, 1.165) is 21.9 Å². The lowest BCUT2D eigenvalue weighted by molar-refractivity contribution is -0.138. The minimum Gasteiger partial charge on any atom is -0.354 e. The van der Waals surface area contributed by atoms with Gasteiger partial charge in [-0.2, -0.15) is 0 Å². The Kier molecular flexibility index (Phi) is 10.5. The fourth-order valence-electron chi connectivity index (χ4n) is 4.17. The van der Waals surface area contributed by atoms with Gasteiger partial charge in [0.1, 0.15) is 12.6 Å². The highest BCUT2D eigenvalue weighted by molar-refractivity contribution is 7.92. The second kappa shape index (κ2) is 13.6. The van der Waals surface area contributed by atoms with E-state index in [2.05, 4.69) is 5.32 Å². The number of carbonyl (C=O) groups excluding carboxylic acids is 2. The summed E-state index contributed by atoms with van der Waals surface area (Å²) in [5, 5.41) is 3.19. The smallest absolute Gasteiger partial charge is 0.264 e. The van der Waals surface area contributed by atoms with E-state index in [1.807, 2.05) is 44.2 Å². The van der Waals surface area contributed by atoms with E-state index in [0.29, 0.717) is 29.2 Å². The molecule has 208 valence electrons. The van der Waals surface area contributed by atoms with Crippen molar-refractivity contribution < 1.29 is 18.0 Å². The molecule has 0 aliphatic heterocycles. The third kappa shape index (κ3) is 7.83. The maximum absolute atomic E-state index is 13.9. The molecule has 0 radical (unpaired) electrons. The molecular weight excluding hydrogens is 534 g/mol. The maximum atomic E-state index is 13.9. The van der Waals surface area contributed by atoms with E-state index in [4.69, 9.17) is 11.6 Å². The van der Waals surface area contributed by atoms with Gasteiger partial charge in [-0.1, -0.05) is 72.6 Å². The minimum atomic E-state index is -4.14. The molecule has 2 amide bonds. The molecule has 39 heavy (non-hydrogen) atoms. The molecular formula is C30H36ClN3O4S. The Hall–Kier alpha value is -3.36. The van der Waals surface area contributed by atoms with Crippen LogP contribution >= 0.6 is 11.6 Å². The van der Waals surface area contributed by atoms with Crippen molar-refractivity contribution in [1.29, 1.82) is 0 Å². The summed E-state index contributed by atoms with van der Waals surface area (Å²) in [6.45, 7) is 7.49. The van der Waals surface area contributed by atoms with Crippen molar-refractivity contribution in [1.82, 2.24) is 10.2 Å². The van der Waals surface area contributed by atoms with Crippen molar-refractivity contribution in [2.75, 3.05) is 23.9 Å². The third-order valence-electron chi connectivity index (χ3n) is 6.53. The zero-order valence-electron chi connectivity index (χ0n) is 22.9. The van der Waals surface area contributed by atoms with Gasteiger partial charge in [0.25, 0.3) is 10.0 Å². The molecule has 0 saturated heterocycles. The summed E-state index contributed by atoms with van der Waals surface area (Å²) in [5.41, 5.74) is 2.87. The first-order valence-electron chi connectivity index (χ1n) is 13.0. The van der Waals surface area contributed by atoms with E-state index in [1.165, 1.54) is 17.0 Å². The Morgan fingerprint density at radius 2 is 1.64 bits per heavy atom. The molecule has 0 aliphatic carbocycles. The van der Waals surface area contributed by atoms with Crippen LogP contribution < -0.4 is 9.62 Å². The number of hydrogen-bond donors (Lipinski definition) is 1. The van der Waals surface area contributed by atoms with Crippen LogP contribution in [0.1, 0.15) is 37.0 Å². The molecule has 1 atom stereocenters. The molecule has 3 rings (SSSR count). The fourth-order valence-corrected chi connectivity index (χ4v) is 5.80. The summed E-state index contributed by atoms with van der Waals surface area (Å²) in [4.78, 5) is 28.3. The summed E-state index contributed by atoms with van der Waals surface area (Å²) in [6, 6.07) is 20.3. The first-order chi connectivity index (χ1) is 18.5. The van der Waals surface area contributed by atoms with Crippen molar-refractivity contribution in [3.8, 4) is 0 Å². The maximum Gasteiger partial charge on any atom is 0.264 e. The average molecular weight is 570 g/mol. The van der Waals surface area contributed by atoms with Crippen LogP contribution in [0.4, 0.5) is 5.69 Å². The van der Waals surface area contributed by atoms with Gasteiger partial charge in [0.2, 0.25) is 11.8 Å². The molecule has 3 aromatic carbocycles. The number of benzene rings is 3. The van der Waals surface area contributed by atoms with Crippen molar-refractivity contribution in [3.05, 3.63) is 94.5 Å². The summed E-state index contributed by atoms with van der Waals surface area (Å²) >= 11 is 6.27. The molecule has 0 aromatic heterocycles. The summed E-state index contributed by atoms with van der Waals surface area (Å²) in [7, 11) is -4.14. The molecule has 0 saturated carbocycles. The zero-order chi connectivity index (χ0) is 28.6. The normalized spacial score (nSPS) is 12.0. The zero-order valence-corrected chi connectivity index (χ0v) is 24.4. The van der Waals surface area contributed by atoms with E-state index in [1.54, 1.807) is 44.2 Å². The second-order valence-electron chi connectivity index (χ2n) is 9.55. The Bertz CT molecular complexity index is 1380. The number of amides is 2. The lowest BCUT2D eigenvalue weighted by Crippen LogP contribution is -2.52. The number of hydrogen-bond acceptors (Lipinski definition) is 4. The van der Waals surface area contributed by atoms with Crippen LogP contribution in [-0.2, 0) is 26.0 Å². The second-order valence-corrected chi connectivity index (χ2v) is 11.8. The topological polar surface area (TPSA) is 86.8 Å². The van der Waals surface area contributed by atoms with E-state index in [9.17, 15) is 18.0 Å². The molecule has 3 aromatic rings. The van der Waals surface area contributed by atoms with Gasteiger partial charge < -0.3 is 10.2 Å². The van der Waals surface area contributed by atoms with E-state index in [-0.39, 0.29) is 17.3 Å². The first-order valence-corrected chi connectivity index (χ1v) is 14.8. The Labute approximate surface area is 236 Å². The van der Waals surface area contributed by atoms with Gasteiger partial charge in [-0.25, -0.2) is 8.42 Å². The summed E-state index contributed by atoms with van der Waals surface area (Å²) in [6.07, 6.45) is 1.27. The van der Waals surface area contributed by atoms with Crippen molar-refractivity contribution >= 4 is 39.1 Å². The lowest BCUT2D eigenvalue weighted by Gasteiger charge is -2.32.